The van der Waals surface area contributed by atoms with Crippen molar-refractivity contribution in [3.8, 4) is 5.75 Å². The third-order valence-electron chi connectivity index (χ3n) is 3.57. The molecule has 0 aliphatic heterocycles. The fraction of sp³-hybridized carbons (Fsp3) is 0.368. The standard InChI is InChI=1S/C19H24O2/c1-5-21-15-12-10-14(11-13-15)18(20)16-8-6-7-9-17(16)19(2,3)4/h6-13,18,20H,5H2,1-4H3. The summed E-state index contributed by atoms with van der Waals surface area (Å²) < 4.78 is 5.44. The highest BCUT2D eigenvalue weighted by atomic mass is 16.5. The molecule has 0 fully saturated rings. The maximum atomic E-state index is 10.7. The Balaban J connectivity index is 2.34. The predicted molar refractivity (Wildman–Crippen MR) is 86.8 cm³/mol. The fourth-order valence-electron chi connectivity index (χ4n) is 2.51. The molecule has 2 aromatic carbocycles. The van der Waals surface area contributed by atoms with Gasteiger partial charge in [0.25, 0.3) is 0 Å². The molecular weight excluding hydrogens is 260 g/mol. The lowest BCUT2D eigenvalue weighted by molar-refractivity contribution is 0.217. The van der Waals surface area contributed by atoms with Gasteiger partial charge in [-0.15, -0.1) is 0 Å². The lowest BCUT2D eigenvalue weighted by Gasteiger charge is -2.25. The molecule has 0 radical (unpaired) electrons. The maximum absolute atomic E-state index is 10.7. The minimum Gasteiger partial charge on any atom is -0.494 e. The number of aliphatic hydroxyl groups is 1. The number of benzene rings is 2. The highest BCUT2D eigenvalue weighted by molar-refractivity contribution is 5.40. The van der Waals surface area contributed by atoms with Crippen molar-refractivity contribution in [2.24, 2.45) is 0 Å². The molecule has 0 heterocycles. The monoisotopic (exact) mass is 284 g/mol. The van der Waals surface area contributed by atoms with E-state index in [0.717, 1.165) is 16.9 Å². The smallest absolute Gasteiger partial charge is 0.119 e. The first-order valence-electron chi connectivity index (χ1n) is 7.43. The van der Waals surface area contributed by atoms with Crippen molar-refractivity contribution in [1.82, 2.24) is 0 Å². The van der Waals surface area contributed by atoms with Gasteiger partial charge < -0.3 is 9.84 Å². The van der Waals surface area contributed by atoms with Gasteiger partial charge in [-0.1, -0.05) is 57.2 Å². The summed E-state index contributed by atoms with van der Waals surface area (Å²) in [7, 11) is 0. The normalized spacial score (nSPS) is 13.0. The molecule has 112 valence electrons. The van der Waals surface area contributed by atoms with Crippen LogP contribution in [0.2, 0.25) is 0 Å². The third kappa shape index (κ3) is 3.64. The van der Waals surface area contributed by atoms with Crippen LogP contribution in [-0.4, -0.2) is 11.7 Å². The second kappa shape index (κ2) is 6.31. The molecule has 1 atom stereocenters. The van der Waals surface area contributed by atoms with Crippen molar-refractivity contribution < 1.29 is 9.84 Å². The molecular formula is C19H24O2. The number of hydrogen-bond donors (Lipinski definition) is 1. The molecule has 2 aromatic rings. The van der Waals surface area contributed by atoms with Crippen molar-refractivity contribution in [3.63, 3.8) is 0 Å². The second-order valence-corrected chi connectivity index (χ2v) is 6.24. The number of aliphatic hydroxyl groups excluding tert-OH is 1. The van der Waals surface area contributed by atoms with Crippen LogP contribution < -0.4 is 4.74 Å². The minimum absolute atomic E-state index is 0.00281. The highest BCUT2D eigenvalue weighted by Gasteiger charge is 2.22. The zero-order valence-electron chi connectivity index (χ0n) is 13.3. The summed E-state index contributed by atoms with van der Waals surface area (Å²) in [6, 6.07) is 15.7. The van der Waals surface area contributed by atoms with E-state index in [1.807, 2.05) is 49.4 Å². The van der Waals surface area contributed by atoms with Crippen LogP contribution in [0.15, 0.2) is 48.5 Å². The van der Waals surface area contributed by atoms with Crippen molar-refractivity contribution >= 4 is 0 Å². The summed E-state index contributed by atoms with van der Waals surface area (Å²) >= 11 is 0. The van der Waals surface area contributed by atoms with E-state index in [1.165, 1.54) is 5.56 Å². The van der Waals surface area contributed by atoms with Crippen LogP contribution in [0.4, 0.5) is 0 Å². The van der Waals surface area contributed by atoms with E-state index < -0.39 is 6.10 Å². The summed E-state index contributed by atoms with van der Waals surface area (Å²) in [5.74, 6) is 0.831. The number of hydrogen-bond acceptors (Lipinski definition) is 2. The van der Waals surface area contributed by atoms with Crippen molar-refractivity contribution in [2.75, 3.05) is 6.61 Å². The van der Waals surface area contributed by atoms with Crippen LogP contribution in [-0.2, 0) is 5.41 Å². The zero-order valence-corrected chi connectivity index (χ0v) is 13.3. The van der Waals surface area contributed by atoms with Gasteiger partial charge in [0, 0.05) is 0 Å². The van der Waals surface area contributed by atoms with Crippen LogP contribution in [0.1, 0.15) is 50.5 Å². The van der Waals surface area contributed by atoms with E-state index in [2.05, 4.69) is 26.8 Å². The second-order valence-electron chi connectivity index (χ2n) is 6.24. The summed E-state index contributed by atoms with van der Waals surface area (Å²) in [5, 5.41) is 10.7. The Morgan fingerprint density at radius 2 is 1.62 bits per heavy atom. The predicted octanol–water partition coefficient (Wildman–Crippen LogP) is 4.46. The van der Waals surface area contributed by atoms with E-state index in [0.29, 0.717) is 6.61 Å². The van der Waals surface area contributed by atoms with Gasteiger partial charge in [-0.25, -0.2) is 0 Å². The van der Waals surface area contributed by atoms with Gasteiger partial charge >= 0.3 is 0 Å². The van der Waals surface area contributed by atoms with Crippen LogP contribution >= 0.6 is 0 Å². The first-order valence-corrected chi connectivity index (χ1v) is 7.43. The third-order valence-corrected chi connectivity index (χ3v) is 3.57. The largest absolute Gasteiger partial charge is 0.494 e. The van der Waals surface area contributed by atoms with E-state index in [-0.39, 0.29) is 5.41 Å². The zero-order chi connectivity index (χ0) is 15.5. The molecule has 0 amide bonds. The molecule has 0 aliphatic rings. The maximum Gasteiger partial charge on any atom is 0.119 e. The van der Waals surface area contributed by atoms with Gasteiger partial charge in [-0.3, -0.25) is 0 Å². The highest BCUT2D eigenvalue weighted by Crippen LogP contribution is 2.33. The van der Waals surface area contributed by atoms with Crippen LogP contribution in [0, 0.1) is 0 Å². The lowest BCUT2D eigenvalue weighted by atomic mass is 9.81. The Bertz CT molecular complexity index is 579. The lowest BCUT2D eigenvalue weighted by Crippen LogP contribution is -2.16. The first-order chi connectivity index (χ1) is 9.93. The molecule has 2 heteroatoms. The van der Waals surface area contributed by atoms with Gasteiger partial charge in [0.2, 0.25) is 0 Å². The Kier molecular flexibility index (Phi) is 4.69. The van der Waals surface area contributed by atoms with E-state index in [9.17, 15) is 5.11 Å². The first kappa shape index (κ1) is 15.6. The van der Waals surface area contributed by atoms with Gasteiger partial charge in [0.05, 0.1) is 6.61 Å². The van der Waals surface area contributed by atoms with Gasteiger partial charge in [-0.2, -0.15) is 0 Å². The number of rotatable bonds is 4. The average molecular weight is 284 g/mol. The van der Waals surface area contributed by atoms with Crippen LogP contribution in [0.25, 0.3) is 0 Å². The van der Waals surface area contributed by atoms with E-state index in [1.54, 1.807) is 0 Å². The minimum atomic E-state index is -0.615. The molecule has 0 bridgehead atoms. The topological polar surface area (TPSA) is 29.5 Å². The molecule has 1 N–H and O–H groups in total. The summed E-state index contributed by atoms with van der Waals surface area (Å²) in [6.45, 7) is 9.10. The van der Waals surface area contributed by atoms with E-state index in [4.69, 9.17) is 4.74 Å². The van der Waals surface area contributed by atoms with Crippen molar-refractivity contribution in [1.29, 1.82) is 0 Å². The fourth-order valence-corrected chi connectivity index (χ4v) is 2.51. The summed E-state index contributed by atoms with van der Waals surface area (Å²) in [6.07, 6.45) is -0.615. The molecule has 0 spiro atoms. The molecule has 1 unspecified atom stereocenters. The van der Waals surface area contributed by atoms with E-state index >= 15 is 0 Å². The molecule has 2 nitrogen and oxygen atoms in total. The van der Waals surface area contributed by atoms with Gasteiger partial charge in [-0.05, 0) is 41.2 Å². The average Bonchev–Trinajstić information content (AvgIpc) is 2.47. The molecule has 0 aliphatic carbocycles. The Morgan fingerprint density at radius 1 is 1.00 bits per heavy atom. The van der Waals surface area contributed by atoms with Crippen LogP contribution in [0.5, 0.6) is 5.75 Å². The Labute approximate surface area is 127 Å². The molecule has 0 aromatic heterocycles. The van der Waals surface area contributed by atoms with Crippen molar-refractivity contribution in [3.05, 3.63) is 65.2 Å². The summed E-state index contributed by atoms with van der Waals surface area (Å²) in [4.78, 5) is 0. The van der Waals surface area contributed by atoms with Gasteiger partial charge in [0.15, 0.2) is 0 Å². The molecule has 0 saturated heterocycles. The van der Waals surface area contributed by atoms with Crippen LogP contribution in [0.3, 0.4) is 0 Å². The number of ether oxygens (including phenoxy) is 1. The van der Waals surface area contributed by atoms with Crippen molar-refractivity contribution in [2.45, 2.75) is 39.2 Å². The SMILES string of the molecule is CCOc1ccc(C(O)c2ccccc2C(C)(C)C)cc1. The quantitative estimate of drug-likeness (QED) is 0.898. The Morgan fingerprint density at radius 3 is 2.19 bits per heavy atom. The molecule has 21 heavy (non-hydrogen) atoms. The molecule has 2 rings (SSSR count). The Hall–Kier alpha value is -1.80. The summed E-state index contributed by atoms with van der Waals surface area (Å²) in [5.41, 5.74) is 3.03. The molecule has 0 saturated carbocycles. The van der Waals surface area contributed by atoms with Gasteiger partial charge in [0.1, 0.15) is 11.9 Å².